The number of hydrogen-bond acceptors (Lipinski definition) is 9. The van der Waals surface area contributed by atoms with Gasteiger partial charge in [0.05, 0.1) is 18.2 Å². The van der Waals surface area contributed by atoms with Crippen LogP contribution in [0.1, 0.15) is 82.9 Å². The second-order valence-corrected chi connectivity index (χ2v) is 12.0. The number of fused-ring (bicyclic) bond motifs is 1. The van der Waals surface area contributed by atoms with Crippen molar-refractivity contribution in [2.75, 3.05) is 23.9 Å². The number of aryl methyl sites for hydroxylation is 1. The van der Waals surface area contributed by atoms with E-state index in [-0.39, 0.29) is 29.3 Å². The third kappa shape index (κ3) is 6.14. The van der Waals surface area contributed by atoms with Gasteiger partial charge in [-0.25, -0.2) is 9.78 Å². The number of thiophene rings is 1. The van der Waals surface area contributed by atoms with Crippen LogP contribution in [0, 0.1) is 22.7 Å². The smallest absolute Gasteiger partial charge is 0.341 e. The number of thioether (sulfide) groups is 1. The van der Waals surface area contributed by atoms with Crippen LogP contribution in [0.3, 0.4) is 0 Å². The van der Waals surface area contributed by atoms with Crippen LogP contribution >= 0.6 is 23.1 Å². The number of methoxy groups -OCH3 is 1. The fourth-order valence-electron chi connectivity index (χ4n) is 4.80. The number of ether oxygens (including phenoxy) is 1. The number of nitrogen functional groups attached to an aromatic ring is 1. The number of aromatic nitrogens is 1. The molecule has 0 unspecified atom stereocenters. The Hall–Kier alpha value is -3.86. The lowest BCUT2D eigenvalue weighted by atomic mass is 9.94. The molecule has 206 valence electrons. The van der Waals surface area contributed by atoms with Crippen LogP contribution in [0.5, 0.6) is 0 Å². The highest BCUT2D eigenvalue weighted by Crippen LogP contribution is 2.39. The fourth-order valence-corrected chi connectivity index (χ4v) is 7.03. The third-order valence-electron chi connectivity index (χ3n) is 6.91. The maximum Gasteiger partial charge on any atom is 0.341 e. The summed E-state index contributed by atoms with van der Waals surface area (Å²) in [6, 6.07) is 12.0. The molecule has 2 heterocycles. The summed E-state index contributed by atoms with van der Waals surface area (Å²) >= 11 is 2.68. The molecule has 0 saturated heterocycles. The van der Waals surface area contributed by atoms with Crippen molar-refractivity contribution in [1.82, 2.24) is 4.98 Å². The molecule has 0 radical (unpaired) electrons. The number of rotatable bonds is 8. The van der Waals surface area contributed by atoms with Gasteiger partial charge in [-0.3, -0.25) is 4.79 Å². The number of anilines is 2. The minimum atomic E-state index is -0.436. The van der Waals surface area contributed by atoms with Crippen LogP contribution in [0.2, 0.25) is 0 Å². The van der Waals surface area contributed by atoms with E-state index in [0.29, 0.717) is 38.4 Å². The highest BCUT2D eigenvalue weighted by molar-refractivity contribution is 7.99. The van der Waals surface area contributed by atoms with Crippen molar-refractivity contribution >= 4 is 45.8 Å². The van der Waals surface area contributed by atoms with Gasteiger partial charge in [-0.05, 0) is 48.3 Å². The van der Waals surface area contributed by atoms with Crippen molar-refractivity contribution in [3.8, 4) is 23.3 Å². The molecule has 0 spiro atoms. The zero-order valence-corrected chi connectivity index (χ0v) is 24.4. The molecule has 1 amide bonds. The largest absolute Gasteiger partial charge is 0.465 e. The highest BCUT2D eigenvalue weighted by atomic mass is 32.2. The second-order valence-electron chi connectivity index (χ2n) is 9.83. The van der Waals surface area contributed by atoms with Gasteiger partial charge in [0.25, 0.3) is 0 Å². The van der Waals surface area contributed by atoms with Gasteiger partial charge in [0.1, 0.15) is 33.5 Å². The first-order valence-corrected chi connectivity index (χ1v) is 15.0. The molecular weight excluding hydrogens is 542 g/mol. The van der Waals surface area contributed by atoms with Gasteiger partial charge in [0.2, 0.25) is 5.91 Å². The summed E-state index contributed by atoms with van der Waals surface area (Å²) in [5.41, 5.74) is 10.3. The maximum atomic E-state index is 12.9. The molecule has 40 heavy (non-hydrogen) atoms. The lowest BCUT2D eigenvalue weighted by Gasteiger charge is -2.14. The van der Waals surface area contributed by atoms with E-state index in [1.54, 1.807) is 0 Å². The van der Waals surface area contributed by atoms with Crippen molar-refractivity contribution in [3.05, 3.63) is 57.0 Å². The number of nitrogens with two attached hydrogens (primary N) is 1. The molecule has 0 aliphatic heterocycles. The van der Waals surface area contributed by atoms with Crippen molar-refractivity contribution < 1.29 is 14.3 Å². The van der Waals surface area contributed by atoms with Crippen molar-refractivity contribution in [2.24, 2.45) is 0 Å². The molecule has 3 aromatic rings. The van der Waals surface area contributed by atoms with Gasteiger partial charge < -0.3 is 15.8 Å². The van der Waals surface area contributed by atoms with E-state index in [1.807, 2.05) is 24.3 Å². The number of esters is 1. The zero-order chi connectivity index (χ0) is 28.8. The van der Waals surface area contributed by atoms with Crippen molar-refractivity contribution in [1.29, 1.82) is 10.5 Å². The summed E-state index contributed by atoms with van der Waals surface area (Å²) in [5.74, 6) is 0.0165. The zero-order valence-electron chi connectivity index (χ0n) is 22.8. The Kier molecular flexibility index (Phi) is 9.46. The summed E-state index contributed by atoms with van der Waals surface area (Å²) in [5, 5.41) is 23.6. The van der Waals surface area contributed by atoms with E-state index in [2.05, 4.69) is 36.3 Å². The first-order valence-electron chi connectivity index (χ1n) is 13.2. The van der Waals surface area contributed by atoms with Gasteiger partial charge in [-0.15, -0.1) is 23.1 Å². The first kappa shape index (κ1) is 29.1. The molecule has 10 heteroatoms. The third-order valence-corrected chi connectivity index (χ3v) is 9.10. The topological polar surface area (TPSA) is 142 Å². The van der Waals surface area contributed by atoms with Gasteiger partial charge in [0, 0.05) is 22.6 Å². The molecule has 4 rings (SSSR count). The Balaban J connectivity index is 1.53. The number of nitriles is 2. The summed E-state index contributed by atoms with van der Waals surface area (Å²) in [6.07, 6.45) is 4.99. The number of carbonyl (C=O) groups excluding carboxylic acids is 2. The van der Waals surface area contributed by atoms with Crippen molar-refractivity contribution in [2.45, 2.75) is 63.3 Å². The van der Waals surface area contributed by atoms with E-state index >= 15 is 0 Å². The quantitative estimate of drug-likeness (QED) is 0.178. The molecule has 0 bridgehead atoms. The number of pyridine rings is 1. The molecule has 8 nitrogen and oxygen atoms in total. The van der Waals surface area contributed by atoms with E-state index in [4.69, 9.17) is 10.5 Å². The van der Waals surface area contributed by atoms with Crippen LogP contribution in [0.25, 0.3) is 11.1 Å². The molecular formula is C30H31N5O3S2. The predicted octanol–water partition coefficient (Wildman–Crippen LogP) is 6.44. The van der Waals surface area contributed by atoms with E-state index in [0.717, 1.165) is 48.1 Å². The predicted molar refractivity (Wildman–Crippen MR) is 158 cm³/mol. The molecule has 0 fully saturated rings. The number of nitrogens with zero attached hydrogens (tertiary/aromatic N) is 3. The van der Waals surface area contributed by atoms with Gasteiger partial charge in [0.15, 0.2) is 0 Å². The van der Waals surface area contributed by atoms with Gasteiger partial charge in [-0.2, -0.15) is 10.5 Å². The standard InChI is InChI=1S/C30H31N5O3S2/c1-17(2)18-9-11-19(12-10-18)25-21(15-31)27(33)35-28(22(25)16-32)39-14-13-24(36)34-29-26(30(37)38-3)20-7-5-4-6-8-23(20)40-29/h9-12,17H,4-8,13-14H2,1-3H3,(H2,33,35)(H,34,36). The van der Waals surface area contributed by atoms with E-state index in [1.165, 1.54) is 30.2 Å². The summed E-state index contributed by atoms with van der Waals surface area (Å²) in [4.78, 5) is 31.0. The van der Waals surface area contributed by atoms with Crippen LogP contribution < -0.4 is 11.1 Å². The number of carbonyl (C=O) groups is 2. The Labute approximate surface area is 242 Å². The molecule has 2 aromatic heterocycles. The molecule has 1 aromatic carbocycles. The average molecular weight is 574 g/mol. The van der Waals surface area contributed by atoms with Crippen LogP contribution in [0.15, 0.2) is 29.3 Å². The molecule has 0 atom stereocenters. The molecule has 3 N–H and O–H groups in total. The maximum absolute atomic E-state index is 12.9. The Bertz CT molecular complexity index is 1510. The van der Waals surface area contributed by atoms with Crippen molar-refractivity contribution in [3.63, 3.8) is 0 Å². The first-order chi connectivity index (χ1) is 19.3. The Morgan fingerprint density at radius 1 is 1.12 bits per heavy atom. The SMILES string of the molecule is COC(=O)c1c(NC(=O)CCSc2nc(N)c(C#N)c(-c3ccc(C(C)C)cc3)c2C#N)sc2c1CCCCC2. The summed E-state index contributed by atoms with van der Waals surface area (Å²) in [7, 11) is 1.35. The molecule has 1 aliphatic rings. The monoisotopic (exact) mass is 573 g/mol. The molecule has 0 saturated carbocycles. The summed E-state index contributed by atoms with van der Waals surface area (Å²) in [6.45, 7) is 4.19. The van der Waals surface area contributed by atoms with Gasteiger partial charge >= 0.3 is 5.97 Å². The Morgan fingerprint density at radius 2 is 1.82 bits per heavy atom. The van der Waals surface area contributed by atoms with Gasteiger partial charge in [-0.1, -0.05) is 44.5 Å². The Morgan fingerprint density at radius 3 is 2.48 bits per heavy atom. The van der Waals surface area contributed by atoms with Crippen LogP contribution in [0.4, 0.5) is 10.8 Å². The number of benzene rings is 1. The van der Waals surface area contributed by atoms with Crippen LogP contribution in [-0.4, -0.2) is 29.7 Å². The summed E-state index contributed by atoms with van der Waals surface area (Å²) < 4.78 is 5.02. The minimum Gasteiger partial charge on any atom is -0.465 e. The van der Waals surface area contributed by atoms with E-state index < -0.39 is 5.97 Å². The number of amides is 1. The fraction of sp³-hybridized carbons (Fsp3) is 0.367. The second kappa shape index (κ2) is 13.0. The number of nitrogens with one attached hydrogen (secondary N) is 1. The lowest BCUT2D eigenvalue weighted by Crippen LogP contribution is -2.15. The van der Waals surface area contributed by atoms with E-state index in [9.17, 15) is 20.1 Å². The highest BCUT2D eigenvalue weighted by Gasteiger charge is 2.26. The lowest BCUT2D eigenvalue weighted by molar-refractivity contribution is -0.115. The number of hydrogen-bond donors (Lipinski definition) is 2. The normalized spacial score (nSPS) is 12.7. The minimum absolute atomic E-state index is 0.0409. The molecule has 1 aliphatic carbocycles. The average Bonchev–Trinajstić information content (AvgIpc) is 3.11. The van der Waals surface area contributed by atoms with Crippen LogP contribution in [-0.2, 0) is 22.4 Å².